The Morgan fingerprint density at radius 1 is 0.800 bits per heavy atom. The van der Waals surface area contributed by atoms with Crippen molar-refractivity contribution in [2.75, 3.05) is 20.2 Å². The molecule has 0 aromatic heterocycles. The van der Waals surface area contributed by atoms with E-state index < -0.39 is 5.97 Å². The maximum absolute atomic E-state index is 12.5. The van der Waals surface area contributed by atoms with Gasteiger partial charge in [0.05, 0.1) is 12.5 Å². The van der Waals surface area contributed by atoms with Crippen molar-refractivity contribution in [2.45, 2.75) is 168 Å². The monoisotopic (exact) mass is 563 g/mol. The van der Waals surface area contributed by atoms with E-state index in [2.05, 4.69) is 37.9 Å². The summed E-state index contributed by atoms with van der Waals surface area (Å²) in [5, 5.41) is 9.59. The van der Waals surface area contributed by atoms with Crippen LogP contribution in [0.2, 0.25) is 0 Å². The summed E-state index contributed by atoms with van der Waals surface area (Å²) in [5.41, 5.74) is 0. The number of carbonyl (C=O) groups is 2. The molecule has 5 nitrogen and oxygen atoms in total. The van der Waals surface area contributed by atoms with Crippen molar-refractivity contribution >= 4 is 11.9 Å². The third-order valence-electron chi connectivity index (χ3n) is 8.85. The number of rotatable bonds is 26. The zero-order valence-electron chi connectivity index (χ0n) is 26.7. The third kappa shape index (κ3) is 18.9. The van der Waals surface area contributed by atoms with Crippen LogP contribution in [0.3, 0.4) is 0 Å². The zero-order chi connectivity index (χ0) is 29.3. The summed E-state index contributed by atoms with van der Waals surface area (Å²) >= 11 is 0. The molecule has 1 N–H and O–H groups in total. The van der Waals surface area contributed by atoms with Gasteiger partial charge in [0.2, 0.25) is 0 Å². The second-order valence-electron chi connectivity index (χ2n) is 12.4. The van der Waals surface area contributed by atoms with Crippen LogP contribution in [0.4, 0.5) is 0 Å². The molecule has 1 saturated heterocycles. The fraction of sp³-hybridized carbons (Fsp3) is 0.886. The van der Waals surface area contributed by atoms with Gasteiger partial charge in [-0.05, 0) is 65.0 Å². The molecule has 0 spiro atoms. The SMILES string of the molecule is CCCCCCCC/C=C\CCCCCCCC(=O)OCC(CCCCCCCC)C1CC(C(=O)O)CCN1C. The lowest BCUT2D eigenvalue weighted by atomic mass is 9.82. The normalized spacial score (nSPS) is 18.8. The summed E-state index contributed by atoms with van der Waals surface area (Å²) in [6, 6.07) is 0.179. The molecule has 1 heterocycles. The molecule has 1 fully saturated rings. The lowest BCUT2D eigenvalue weighted by Gasteiger charge is -2.40. The van der Waals surface area contributed by atoms with Gasteiger partial charge in [0.1, 0.15) is 0 Å². The van der Waals surface area contributed by atoms with Crippen molar-refractivity contribution in [3.8, 4) is 0 Å². The van der Waals surface area contributed by atoms with Crippen LogP contribution in [0, 0.1) is 11.8 Å². The predicted molar refractivity (Wildman–Crippen MR) is 169 cm³/mol. The van der Waals surface area contributed by atoms with Gasteiger partial charge in [0.15, 0.2) is 0 Å². The van der Waals surface area contributed by atoms with Crippen LogP contribution in [0.1, 0.15) is 162 Å². The van der Waals surface area contributed by atoms with Gasteiger partial charge in [-0.15, -0.1) is 0 Å². The van der Waals surface area contributed by atoms with Gasteiger partial charge in [-0.25, -0.2) is 0 Å². The molecule has 1 aliphatic heterocycles. The Labute approximate surface area is 247 Å². The lowest BCUT2D eigenvalue weighted by molar-refractivity contribution is -0.149. The molecule has 5 heteroatoms. The summed E-state index contributed by atoms with van der Waals surface area (Å²) in [6.07, 6.45) is 31.3. The number of likely N-dealkylation sites (tertiary alicyclic amines) is 1. The summed E-state index contributed by atoms with van der Waals surface area (Å²) in [4.78, 5) is 26.5. The topological polar surface area (TPSA) is 66.8 Å². The molecule has 0 saturated carbocycles. The fourth-order valence-corrected chi connectivity index (χ4v) is 6.08. The molecule has 1 rings (SSSR count). The first-order chi connectivity index (χ1) is 19.5. The molecule has 0 radical (unpaired) electrons. The quantitative estimate of drug-likeness (QED) is 0.0644. The number of hydrogen-bond acceptors (Lipinski definition) is 4. The van der Waals surface area contributed by atoms with E-state index in [1.165, 1.54) is 103 Å². The van der Waals surface area contributed by atoms with Crippen LogP contribution in [-0.4, -0.2) is 48.2 Å². The molecule has 0 aromatic rings. The van der Waals surface area contributed by atoms with Crippen LogP contribution in [0.15, 0.2) is 12.2 Å². The van der Waals surface area contributed by atoms with E-state index in [4.69, 9.17) is 4.74 Å². The molecule has 0 bridgehead atoms. The fourth-order valence-electron chi connectivity index (χ4n) is 6.08. The van der Waals surface area contributed by atoms with Crippen molar-refractivity contribution < 1.29 is 19.4 Å². The van der Waals surface area contributed by atoms with Crippen molar-refractivity contribution in [2.24, 2.45) is 11.8 Å². The maximum Gasteiger partial charge on any atom is 0.306 e. The van der Waals surface area contributed by atoms with E-state index in [1.807, 2.05) is 0 Å². The van der Waals surface area contributed by atoms with Crippen molar-refractivity contribution in [1.82, 2.24) is 4.90 Å². The molecule has 3 unspecified atom stereocenters. The summed E-state index contributed by atoms with van der Waals surface area (Å²) in [7, 11) is 2.10. The third-order valence-corrected chi connectivity index (χ3v) is 8.85. The van der Waals surface area contributed by atoms with Crippen molar-refractivity contribution in [3.63, 3.8) is 0 Å². The van der Waals surface area contributed by atoms with Gasteiger partial charge in [-0.1, -0.05) is 116 Å². The number of nitrogens with zero attached hydrogens (tertiary/aromatic N) is 1. The summed E-state index contributed by atoms with van der Waals surface area (Å²) < 4.78 is 5.79. The highest BCUT2D eigenvalue weighted by atomic mass is 16.5. The van der Waals surface area contributed by atoms with E-state index in [9.17, 15) is 14.7 Å². The van der Waals surface area contributed by atoms with Crippen LogP contribution in [0.5, 0.6) is 0 Å². The number of hydrogen-bond donors (Lipinski definition) is 1. The van der Waals surface area contributed by atoms with Gasteiger partial charge in [-0.3, -0.25) is 9.59 Å². The number of aliphatic carboxylic acids is 1. The number of carboxylic acid groups (broad SMARTS) is 1. The summed E-state index contributed by atoms with van der Waals surface area (Å²) in [5.74, 6) is -0.826. The van der Waals surface area contributed by atoms with Crippen LogP contribution >= 0.6 is 0 Å². The van der Waals surface area contributed by atoms with Gasteiger partial charge in [0, 0.05) is 18.4 Å². The van der Waals surface area contributed by atoms with E-state index in [0.29, 0.717) is 25.9 Å². The molecule has 234 valence electrons. The van der Waals surface area contributed by atoms with Crippen molar-refractivity contribution in [3.05, 3.63) is 12.2 Å². The highest BCUT2D eigenvalue weighted by Crippen LogP contribution is 2.30. The molecule has 40 heavy (non-hydrogen) atoms. The van der Waals surface area contributed by atoms with Crippen LogP contribution in [0.25, 0.3) is 0 Å². The number of allylic oxidation sites excluding steroid dienone is 2. The minimum atomic E-state index is -0.683. The highest BCUT2D eigenvalue weighted by molar-refractivity contribution is 5.70. The van der Waals surface area contributed by atoms with E-state index >= 15 is 0 Å². The zero-order valence-corrected chi connectivity index (χ0v) is 26.7. The Kier molecular flexibility index (Phi) is 23.2. The Bertz CT molecular complexity index is 649. The van der Waals surface area contributed by atoms with E-state index in [1.54, 1.807) is 0 Å². The Morgan fingerprint density at radius 3 is 1.90 bits per heavy atom. The molecular formula is C35H65NO4. The maximum atomic E-state index is 12.5. The molecule has 1 aliphatic rings. The van der Waals surface area contributed by atoms with Gasteiger partial charge in [0.25, 0.3) is 0 Å². The van der Waals surface area contributed by atoms with Crippen LogP contribution in [-0.2, 0) is 14.3 Å². The number of ether oxygens (including phenoxy) is 1. The Hall–Kier alpha value is -1.36. The van der Waals surface area contributed by atoms with E-state index in [-0.39, 0.29) is 23.8 Å². The number of carboxylic acids is 1. The average molecular weight is 564 g/mol. The first-order valence-electron chi connectivity index (χ1n) is 17.2. The minimum absolute atomic E-state index is 0.0844. The number of carbonyl (C=O) groups excluding carboxylic acids is 1. The number of esters is 1. The van der Waals surface area contributed by atoms with Crippen LogP contribution < -0.4 is 0 Å². The summed E-state index contributed by atoms with van der Waals surface area (Å²) in [6.45, 7) is 5.74. The first kappa shape index (κ1) is 36.7. The predicted octanol–water partition coefficient (Wildman–Crippen LogP) is 9.73. The first-order valence-corrected chi connectivity index (χ1v) is 17.2. The largest absolute Gasteiger partial charge is 0.481 e. The second kappa shape index (κ2) is 25.4. The van der Waals surface area contributed by atoms with Gasteiger partial charge >= 0.3 is 11.9 Å². The Morgan fingerprint density at radius 2 is 1.32 bits per heavy atom. The molecule has 0 aliphatic carbocycles. The lowest BCUT2D eigenvalue weighted by Crippen LogP contribution is -2.47. The molecule has 0 amide bonds. The minimum Gasteiger partial charge on any atom is -0.481 e. The van der Waals surface area contributed by atoms with Gasteiger partial charge in [-0.2, -0.15) is 0 Å². The second-order valence-corrected chi connectivity index (χ2v) is 12.4. The smallest absolute Gasteiger partial charge is 0.306 e. The number of unbranched alkanes of at least 4 members (excludes halogenated alkanes) is 16. The molecule has 3 atom stereocenters. The van der Waals surface area contributed by atoms with Gasteiger partial charge < -0.3 is 14.7 Å². The Balaban J connectivity index is 2.23. The standard InChI is InChI=1S/C35H65NO4/c1-4-6-8-10-12-13-14-15-16-17-18-19-20-22-24-26-34(37)40-30-32(25-23-21-11-9-7-5-2)33-29-31(35(38)39)27-28-36(33)3/h15-16,31-33H,4-14,17-30H2,1-3H3,(H,38,39)/b16-15-. The molecular weight excluding hydrogens is 498 g/mol. The van der Waals surface area contributed by atoms with Crippen molar-refractivity contribution in [1.29, 1.82) is 0 Å². The highest BCUT2D eigenvalue weighted by Gasteiger charge is 2.35. The van der Waals surface area contributed by atoms with E-state index in [0.717, 1.165) is 32.2 Å². The average Bonchev–Trinajstić information content (AvgIpc) is 2.94. The molecule has 0 aromatic carbocycles. The number of piperidine rings is 1.